The third-order valence-corrected chi connectivity index (χ3v) is 8.01. The van der Waals surface area contributed by atoms with Gasteiger partial charge in [-0.1, -0.05) is 62.6 Å². The van der Waals surface area contributed by atoms with E-state index in [1.54, 1.807) is 24.9 Å². The number of aliphatic hydroxyl groups is 2. The molecule has 8 heteroatoms. The van der Waals surface area contributed by atoms with E-state index in [0.29, 0.717) is 39.1 Å². The van der Waals surface area contributed by atoms with Crippen LogP contribution >= 0.6 is 11.8 Å². The maximum Gasteiger partial charge on any atom is 0.305 e. The van der Waals surface area contributed by atoms with Crippen molar-refractivity contribution in [3.8, 4) is 0 Å². The molecular weight excluding hydrogens is 516 g/mol. The Balaban J connectivity index is 1.62. The van der Waals surface area contributed by atoms with Crippen LogP contribution in [-0.2, 0) is 36.8 Å². The molecule has 0 spiro atoms. The number of ether oxygens (including phenoxy) is 3. The van der Waals surface area contributed by atoms with Gasteiger partial charge in [-0.05, 0) is 41.9 Å². The number of aliphatic hydroxyl groups excluding tert-OH is 2. The van der Waals surface area contributed by atoms with Crippen LogP contribution < -0.4 is 0 Å². The van der Waals surface area contributed by atoms with Gasteiger partial charge in [0.1, 0.15) is 12.4 Å². The van der Waals surface area contributed by atoms with E-state index < -0.39 is 12.2 Å². The van der Waals surface area contributed by atoms with Crippen molar-refractivity contribution in [1.82, 2.24) is 0 Å². The number of hydrogen-bond acceptors (Lipinski definition) is 8. The molecule has 1 aliphatic rings. The molecule has 1 aliphatic carbocycles. The number of carbonyl (C=O) groups is 2. The number of hydrogen-bond donors (Lipinski definition) is 2. The van der Waals surface area contributed by atoms with Crippen molar-refractivity contribution in [3.05, 3.63) is 47.5 Å². The fraction of sp³-hybridized carbons (Fsp3) is 0.677. The molecule has 0 aromatic heterocycles. The van der Waals surface area contributed by atoms with Crippen LogP contribution in [0, 0.1) is 11.8 Å². The van der Waals surface area contributed by atoms with Crippen molar-refractivity contribution in [3.63, 3.8) is 0 Å². The third kappa shape index (κ3) is 14.0. The average Bonchev–Trinajstić information content (AvgIpc) is 3.18. The zero-order chi connectivity index (χ0) is 28.3. The number of thioether (sulfide) groups is 1. The zero-order valence-corrected chi connectivity index (χ0v) is 24.5. The van der Waals surface area contributed by atoms with Crippen molar-refractivity contribution >= 4 is 23.5 Å². The van der Waals surface area contributed by atoms with Crippen LogP contribution in [0.15, 0.2) is 36.4 Å². The normalized spacial score (nSPS) is 20.1. The lowest BCUT2D eigenvalue weighted by molar-refractivity contribution is -0.145. The first kappa shape index (κ1) is 33.5. The summed E-state index contributed by atoms with van der Waals surface area (Å²) in [6, 6.07) is 7.91. The highest BCUT2D eigenvalue weighted by atomic mass is 32.2. The Hall–Kier alpha value is -1.71. The fourth-order valence-electron chi connectivity index (χ4n) is 4.82. The fourth-order valence-corrected chi connectivity index (χ4v) is 5.80. The quantitative estimate of drug-likeness (QED) is 0.123. The molecule has 0 bridgehead atoms. The summed E-state index contributed by atoms with van der Waals surface area (Å²) in [7, 11) is 1.65. The maximum atomic E-state index is 12.5. The minimum atomic E-state index is -0.712. The van der Waals surface area contributed by atoms with Gasteiger partial charge in [0.15, 0.2) is 0 Å². The topological polar surface area (TPSA) is 102 Å². The van der Waals surface area contributed by atoms with Gasteiger partial charge in [0, 0.05) is 44.8 Å². The van der Waals surface area contributed by atoms with Gasteiger partial charge in [-0.3, -0.25) is 9.59 Å². The minimum Gasteiger partial charge on any atom is -0.463 e. The number of carbonyl (C=O) groups excluding carboxylic acids is 2. The van der Waals surface area contributed by atoms with Crippen LogP contribution in [0.4, 0.5) is 0 Å². The molecule has 0 aliphatic heterocycles. The molecular formula is C31H48O7S. The highest BCUT2D eigenvalue weighted by Crippen LogP contribution is 2.34. The summed E-state index contributed by atoms with van der Waals surface area (Å²) in [5.41, 5.74) is 2.06. The summed E-state index contributed by atoms with van der Waals surface area (Å²) in [5, 5.41) is 21.0. The second-order valence-electron chi connectivity index (χ2n) is 10.2. The molecule has 0 saturated heterocycles. The lowest BCUT2D eigenvalue weighted by Gasteiger charge is -2.18. The Morgan fingerprint density at radius 1 is 1.13 bits per heavy atom. The molecule has 2 N–H and O–H groups in total. The smallest absolute Gasteiger partial charge is 0.305 e. The van der Waals surface area contributed by atoms with Gasteiger partial charge < -0.3 is 24.4 Å². The number of ketones is 1. The summed E-state index contributed by atoms with van der Waals surface area (Å²) >= 11 is 1.71. The zero-order valence-electron chi connectivity index (χ0n) is 23.7. The van der Waals surface area contributed by atoms with Crippen molar-refractivity contribution in [2.45, 2.75) is 83.5 Å². The maximum absolute atomic E-state index is 12.5. The summed E-state index contributed by atoms with van der Waals surface area (Å²) < 4.78 is 15.9. The summed E-state index contributed by atoms with van der Waals surface area (Å²) in [6.45, 7) is 4.16. The highest BCUT2D eigenvalue weighted by molar-refractivity contribution is 7.99. The minimum absolute atomic E-state index is 0.0793. The van der Waals surface area contributed by atoms with Crippen molar-refractivity contribution in [2.24, 2.45) is 11.8 Å². The van der Waals surface area contributed by atoms with Gasteiger partial charge in [0.25, 0.3) is 0 Å². The van der Waals surface area contributed by atoms with E-state index in [0.717, 1.165) is 42.1 Å². The average molecular weight is 565 g/mol. The molecule has 220 valence electrons. The SMILES string of the molecule is CCCCCCOCCOC(=O)CCCSCC[C@H]1C(=O)C[C@@H](O)[C@@H]1C=C[C@@H](O)Cc1cccc(COC)c1. The lowest BCUT2D eigenvalue weighted by Crippen LogP contribution is -2.20. The first-order valence-corrected chi connectivity index (χ1v) is 15.5. The molecule has 39 heavy (non-hydrogen) atoms. The monoisotopic (exact) mass is 564 g/mol. The van der Waals surface area contributed by atoms with Crippen LogP contribution in [0.5, 0.6) is 0 Å². The van der Waals surface area contributed by atoms with Crippen LogP contribution in [-0.4, -0.2) is 72.6 Å². The van der Waals surface area contributed by atoms with E-state index in [2.05, 4.69) is 6.92 Å². The van der Waals surface area contributed by atoms with Crippen LogP contribution in [0.25, 0.3) is 0 Å². The summed E-state index contributed by atoms with van der Waals surface area (Å²) in [6.07, 6.45) is 9.16. The molecule has 0 heterocycles. The Labute approximate surface area is 238 Å². The van der Waals surface area contributed by atoms with Crippen molar-refractivity contribution in [2.75, 3.05) is 38.4 Å². The Morgan fingerprint density at radius 2 is 1.95 bits per heavy atom. The molecule has 1 aromatic carbocycles. The van der Waals surface area contributed by atoms with E-state index in [-0.39, 0.29) is 30.0 Å². The van der Waals surface area contributed by atoms with E-state index in [1.807, 2.05) is 30.3 Å². The Morgan fingerprint density at radius 3 is 2.74 bits per heavy atom. The highest BCUT2D eigenvalue weighted by Gasteiger charge is 2.39. The molecule has 0 amide bonds. The van der Waals surface area contributed by atoms with Gasteiger partial charge >= 0.3 is 5.97 Å². The number of unbranched alkanes of at least 4 members (excludes halogenated alkanes) is 3. The Kier molecular flexibility index (Phi) is 17.4. The number of rotatable bonds is 21. The van der Waals surface area contributed by atoms with Gasteiger partial charge in [-0.2, -0.15) is 11.8 Å². The second kappa shape index (κ2) is 20.2. The molecule has 2 rings (SSSR count). The second-order valence-corrected chi connectivity index (χ2v) is 11.5. The number of methoxy groups -OCH3 is 1. The number of benzene rings is 1. The van der Waals surface area contributed by atoms with E-state index in [9.17, 15) is 19.8 Å². The Bertz CT molecular complexity index is 859. The van der Waals surface area contributed by atoms with Gasteiger partial charge in [-0.15, -0.1) is 0 Å². The molecule has 0 radical (unpaired) electrons. The standard InChI is InChI=1S/C31H48O7S/c1-3-4-5-6-15-37-16-17-38-31(35)11-8-18-39-19-14-28-27(29(33)22-30(28)34)13-12-26(32)21-24-9-7-10-25(20-24)23-36-2/h7,9-10,12-13,20,26-29,32-33H,3-6,8,11,14-19,21-23H2,1-2H3/t26-,27-,28-,29-/m1/s1. The molecule has 7 nitrogen and oxygen atoms in total. The molecule has 1 saturated carbocycles. The van der Waals surface area contributed by atoms with E-state index in [4.69, 9.17) is 14.2 Å². The predicted octanol–water partition coefficient (Wildman–Crippen LogP) is 4.90. The molecule has 1 fully saturated rings. The largest absolute Gasteiger partial charge is 0.463 e. The lowest BCUT2D eigenvalue weighted by atomic mass is 9.91. The molecule has 1 aromatic rings. The van der Waals surface area contributed by atoms with Crippen LogP contribution in [0.3, 0.4) is 0 Å². The molecule has 4 atom stereocenters. The first-order valence-electron chi connectivity index (χ1n) is 14.4. The van der Waals surface area contributed by atoms with Crippen LogP contribution in [0.2, 0.25) is 0 Å². The van der Waals surface area contributed by atoms with Crippen LogP contribution in [0.1, 0.15) is 69.4 Å². The molecule has 0 unspecified atom stereocenters. The van der Waals surface area contributed by atoms with Crippen molar-refractivity contribution in [1.29, 1.82) is 0 Å². The van der Waals surface area contributed by atoms with Gasteiger partial charge in [0.05, 0.1) is 25.4 Å². The summed E-state index contributed by atoms with van der Waals surface area (Å²) in [4.78, 5) is 24.4. The van der Waals surface area contributed by atoms with Gasteiger partial charge in [0.2, 0.25) is 0 Å². The number of Topliss-reactive ketones (excluding diaryl/α,β-unsaturated/α-hetero) is 1. The predicted molar refractivity (Wildman–Crippen MR) is 156 cm³/mol. The van der Waals surface area contributed by atoms with Crippen molar-refractivity contribution < 1.29 is 34.0 Å². The number of esters is 1. The van der Waals surface area contributed by atoms with E-state index >= 15 is 0 Å². The van der Waals surface area contributed by atoms with E-state index in [1.165, 1.54) is 19.3 Å². The van der Waals surface area contributed by atoms with Gasteiger partial charge in [-0.25, -0.2) is 0 Å². The summed E-state index contributed by atoms with van der Waals surface area (Å²) in [5.74, 6) is 0.949. The first-order chi connectivity index (χ1) is 18.9. The third-order valence-electron chi connectivity index (χ3n) is 6.91.